The Balaban J connectivity index is 1.67. The predicted molar refractivity (Wildman–Crippen MR) is 152 cm³/mol. The molecule has 0 amide bonds. The fraction of sp³-hybridized carbons (Fsp3) is 0.273. The highest BCUT2D eigenvalue weighted by Crippen LogP contribution is 2.43. The van der Waals surface area contributed by atoms with Gasteiger partial charge in [0.05, 0.1) is 0 Å². The van der Waals surface area contributed by atoms with E-state index in [9.17, 15) is 5.11 Å². The first-order valence-electron chi connectivity index (χ1n) is 12.8. The minimum atomic E-state index is 0.345. The minimum Gasteiger partial charge on any atom is -0.507 e. The Hall–Kier alpha value is -2.97. The number of hydrogen-bond donors (Lipinski definition) is 1. The van der Waals surface area contributed by atoms with Crippen molar-refractivity contribution >= 4 is 28.1 Å². The van der Waals surface area contributed by atoms with Crippen molar-refractivity contribution in [2.75, 3.05) is 0 Å². The molecule has 0 saturated carbocycles. The molecule has 0 saturated heterocycles. The number of phenolic OH excluding ortho intramolecular Hbond substituents is 1. The molecule has 1 aliphatic rings. The summed E-state index contributed by atoms with van der Waals surface area (Å²) in [6, 6.07) is 23.7. The van der Waals surface area contributed by atoms with E-state index in [-0.39, 0.29) is 0 Å². The van der Waals surface area contributed by atoms with Crippen molar-refractivity contribution in [1.29, 1.82) is 0 Å². The largest absolute Gasteiger partial charge is 0.507 e. The lowest BCUT2D eigenvalue weighted by Gasteiger charge is -2.18. The Morgan fingerprint density at radius 3 is 2.20 bits per heavy atom. The first-order valence-corrected chi connectivity index (χ1v) is 13.6. The van der Waals surface area contributed by atoms with Crippen LogP contribution in [0.5, 0.6) is 5.75 Å². The molecule has 0 bridgehead atoms. The number of aromatic hydroxyl groups is 1. The van der Waals surface area contributed by atoms with Crippen LogP contribution < -0.4 is 0 Å². The van der Waals surface area contributed by atoms with E-state index < -0.39 is 0 Å². The smallest absolute Gasteiger partial charge is 0.123 e. The maximum atomic E-state index is 10.8. The standard InChI is InChI=1S/C33H34OS/c1-22-12-11-13-23(2)33(22)35-32-21-29-28(18-19-31(34)30(29)20-24(32)3)27-17-10-9-16-26(27)25-14-7-5-4-6-8-15-25/h9-14,16-21,34H,4-8,15H2,1-3H3/b25-14+. The van der Waals surface area contributed by atoms with E-state index in [1.165, 1.54) is 74.4 Å². The maximum Gasteiger partial charge on any atom is 0.123 e. The van der Waals surface area contributed by atoms with Crippen molar-refractivity contribution in [3.05, 3.63) is 95.1 Å². The van der Waals surface area contributed by atoms with Gasteiger partial charge in [0.25, 0.3) is 0 Å². The molecule has 0 spiro atoms. The molecule has 0 aromatic heterocycles. The molecule has 1 aliphatic carbocycles. The Morgan fingerprint density at radius 2 is 1.40 bits per heavy atom. The normalized spacial score (nSPS) is 15.9. The lowest BCUT2D eigenvalue weighted by atomic mass is 9.87. The molecule has 1 N–H and O–H groups in total. The van der Waals surface area contributed by atoms with E-state index in [4.69, 9.17) is 0 Å². The van der Waals surface area contributed by atoms with Crippen molar-refractivity contribution in [3.63, 3.8) is 0 Å². The molecule has 1 nitrogen and oxygen atoms in total. The quantitative estimate of drug-likeness (QED) is 0.315. The van der Waals surface area contributed by atoms with Crippen LogP contribution in [-0.4, -0.2) is 5.11 Å². The van der Waals surface area contributed by atoms with Crippen molar-refractivity contribution in [2.24, 2.45) is 0 Å². The highest BCUT2D eigenvalue weighted by molar-refractivity contribution is 7.99. The van der Waals surface area contributed by atoms with E-state index >= 15 is 0 Å². The van der Waals surface area contributed by atoms with Crippen LogP contribution in [0.15, 0.2) is 82.6 Å². The number of phenols is 1. The number of allylic oxidation sites excluding steroid dienone is 2. The second kappa shape index (κ2) is 10.3. The topological polar surface area (TPSA) is 20.2 Å². The Bertz CT molecular complexity index is 1390. The first kappa shape index (κ1) is 23.8. The zero-order valence-corrected chi connectivity index (χ0v) is 21.8. The van der Waals surface area contributed by atoms with Crippen LogP contribution in [0.4, 0.5) is 0 Å². The van der Waals surface area contributed by atoms with Gasteiger partial charge in [0.1, 0.15) is 5.75 Å². The molecule has 0 aliphatic heterocycles. The van der Waals surface area contributed by atoms with E-state index in [1.54, 1.807) is 0 Å². The molecular weight excluding hydrogens is 444 g/mol. The number of aryl methyl sites for hydroxylation is 3. The van der Waals surface area contributed by atoms with Crippen LogP contribution in [0.2, 0.25) is 0 Å². The van der Waals surface area contributed by atoms with Gasteiger partial charge in [-0.05, 0) is 109 Å². The summed E-state index contributed by atoms with van der Waals surface area (Å²) in [6.45, 7) is 6.51. The van der Waals surface area contributed by atoms with Crippen LogP contribution >= 0.6 is 11.8 Å². The number of fused-ring (bicyclic) bond motifs is 1. The summed E-state index contributed by atoms with van der Waals surface area (Å²) < 4.78 is 0. The fourth-order valence-electron chi connectivity index (χ4n) is 5.31. The second-order valence-corrected chi connectivity index (χ2v) is 10.9. The van der Waals surface area contributed by atoms with Gasteiger partial charge in [-0.3, -0.25) is 0 Å². The first-order chi connectivity index (χ1) is 17.0. The number of hydrogen-bond acceptors (Lipinski definition) is 2. The fourth-order valence-corrected chi connectivity index (χ4v) is 6.39. The van der Waals surface area contributed by atoms with Crippen LogP contribution in [0.1, 0.15) is 60.8 Å². The third kappa shape index (κ3) is 4.90. The summed E-state index contributed by atoms with van der Waals surface area (Å²) in [4.78, 5) is 2.56. The van der Waals surface area contributed by atoms with E-state index in [1.807, 2.05) is 17.8 Å². The highest BCUT2D eigenvalue weighted by atomic mass is 32.2. The summed E-state index contributed by atoms with van der Waals surface area (Å²) >= 11 is 1.84. The van der Waals surface area contributed by atoms with Crippen molar-refractivity contribution < 1.29 is 5.11 Å². The van der Waals surface area contributed by atoms with E-state index in [0.29, 0.717) is 5.75 Å². The van der Waals surface area contributed by atoms with Gasteiger partial charge in [-0.2, -0.15) is 0 Å². The lowest BCUT2D eigenvalue weighted by Crippen LogP contribution is -1.95. The van der Waals surface area contributed by atoms with Crippen LogP contribution in [0, 0.1) is 20.8 Å². The van der Waals surface area contributed by atoms with Crippen LogP contribution in [0.3, 0.4) is 0 Å². The summed E-state index contributed by atoms with van der Waals surface area (Å²) in [5.74, 6) is 0.345. The second-order valence-electron chi connectivity index (χ2n) is 9.85. The van der Waals surface area contributed by atoms with Gasteiger partial charge in [-0.1, -0.05) is 79.2 Å². The van der Waals surface area contributed by atoms with Gasteiger partial charge in [0.15, 0.2) is 0 Å². The third-order valence-corrected chi connectivity index (χ3v) is 8.77. The molecule has 0 fully saturated rings. The number of rotatable bonds is 4. The molecule has 5 rings (SSSR count). The lowest BCUT2D eigenvalue weighted by molar-refractivity contribution is 0.481. The van der Waals surface area contributed by atoms with E-state index in [0.717, 1.165) is 23.6 Å². The zero-order chi connectivity index (χ0) is 24.4. The Morgan fingerprint density at radius 1 is 0.657 bits per heavy atom. The maximum absolute atomic E-state index is 10.8. The summed E-state index contributed by atoms with van der Waals surface area (Å²) in [6.07, 6.45) is 9.97. The van der Waals surface area contributed by atoms with Gasteiger partial charge in [-0.25, -0.2) is 0 Å². The van der Waals surface area contributed by atoms with Gasteiger partial charge >= 0.3 is 0 Å². The summed E-state index contributed by atoms with van der Waals surface area (Å²) in [5, 5.41) is 12.8. The van der Waals surface area contributed by atoms with E-state index in [2.05, 4.69) is 87.5 Å². The number of benzene rings is 4. The SMILES string of the molecule is Cc1cc2c(O)ccc(-c3ccccc3/C3=C/CCCCCC3)c2cc1Sc1c(C)cccc1C. The minimum absolute atomic E-state index is 0.345. The molecule has 178 valence electrons. The molecular formula is C33H34OS. The molecule has 4 aromatic carbocycles. The zero-order valence-electron chi connectivity index (χ0n) is 21.0. The van der Waals surface area contributed by atoms with Crippen molar-refractivity contribution in [2.45, 2.75) is 69.1 Å². The molecule has 4 aromatic rings. The third-order valence-electron chi connectivity index (χ3n) is 7.26. The van der Waals surface area contributed by atoms with Gasteiger partial charge in [0.2, 0.25) is 0 Å². The van der Waals surface area contributed by atoms with Crippen LogP contribution in [0.25, 0.3) is 27.5 Å². The summed E-state index contributed by atoms with van der Waals surface area (Å²) in [7, 11) is 0. The predicted octanol–water partition coefficient (Wildman–Crippen LogP) is 10.0. The average molecular weight is 479 g/mol. The molecule has 0 atom stereocenters. The van der Waals surface area contributed by atoms with Gasteiger partial charge in [0, 0.05) is 15.2 Å². The Labute approximate surface area is 213 Å². The molecule has 2 heteroatoms. The molecule has 35 heavy (non-hydrogen) atoms. The van der Waals surface area contributed by atoms with Gasteiger partial charge < -0.3 is 5.11 Å². The average Bonchev–Trinajstić information content (AvgIpc) is 2.83. The molecule has 0 heterocycles. The van der Waals surface area contributed by atoms with Crippen molar-refractivity contribution in [3.8, 4) is 16.9 Å². The van der Waals surface area contributed by atoms with Crippen molar-refractivity contribution in [1.82, 2.24) is 0 Å². The Kier molecular flexibility index (Phi) is 7.02. The molecule has 0 radical (unpaired) electrons. The molecule has 0 unspecified atom stereocenters. The monoisotopic (exact) mass is 478 g/mol. The van der Waals surface area contributed by atoms with Gasteiger partial charge in [-0.15, -0.1) is 0 Å². The highest BCUT2D eigenvalue weighted by Gasteiger charge is 2.16. The summed E-state index contributed by atoms with van der Waals surface area (Å²) in [5.41, 5.74) is 9.05. The van der Waals surface area contributed by atoms with Crippen LogP contribution in [-0.2, 0) is 0 Å².